The van der Waals surface area contributed by atoms with Crippen LogP contribution < -0.4 is 0 Å². The SMILES string of the molecule is C=C1c2ccc(C)cc2CN1C.CC.CC.CC(C)S. The number of hydrogen-bond acceptors (Lipinski definition) is 2. The Morgan fingerprint density at radius 3 is 2.05 bits per heavy atom. The van der Waals surface area contributed by atoms with Gasteiger partial charge in [-0.15, -0.1) is 0 Å². The van der Waals surface area contributed by atoms with Crippen molar-refractivity contribution in [3.8, 4) is 0 Å². The minimum atomic E-state index is 0.528. The molecule has 0 amide bonds. The van der Waals surface area contributed by atoms with Crippen molar-refractivity contribution in [2.24, 2.45) is 0 Å². The van der Waals surface area contributed by atoms with Crippen LogP contribution in [-0.4, -0.2) is 17.2 Å². The van der Waals surface area contributed by atoms with E-state index in [0.29, 0.717) is 5.25 Å². The van der Waals surface area contributed by atoms with Crippen molar-refractivity contribution in [3.63, 3.8) is 0 Å². The number of fused-ring (bicyclic) bond motifs is 1. The summed E-state index contributed by atoms with van der Waals surface area (Å²) in [6.07, 6.45) is 0. The molecule has 0 bridgehead atoms. The highest BCUT2D eigenvalue weighted by atomic mass is 32.1. The average Bonchev–Trinajstić information content (AvgIpc) is 2.68. The van der Waals surface area contributed by atoms with Crippen LogP contribution in [0.25, 0.3) is 5.70 Å². The molecule has 1 aromatic rings. The zero-order chi connectivity index (χ0) is 16.3. The summed E-state index contributed by atoms with van der Waals surface area (Å²) >= 11 is 3.97. The Morgan fingerprint density at radius 1 is 1.15 bits per heavy atom. The van der Waals surface area contributed by atoms with Crippen LogP contribution in [0.1, 0.15) is 58.2 Å². The minimum Gasteiger partial charge on any atom is -0.370 e. The Bertz CT molecular complexity index is 380. The van der Waals surface area contributed by atoms with Crippen LogP contribution in [0, 0.1) is 6.92 Å². The molecule has 1 aliphatic heterocycles. The predicted molar refractivity (Wildman–Crippen MR) is 98.5 cm³/mol. The number of benzene rings is 1. The zero-order valence-electron chi connectivity index (χ0n) is 14.6. The van der Waals surface area contributed by atoms with E-state index in [1.807, 2.05) is 41.5 Å². The number of hydrogen-bond donors (Lipinski definition) is 1. The van der Waals surface area contributed by atoms with Crippen molar-refractivity contribution in [2.45, 2.75) is 60.3 Å². The molecule has 1 nitrogen and oxygen atoms in total. The Morgan fingerprint density at radius 2 is 1.60 bits per heavy atom. The van der Waals surface area contributed by atoms with Gasteiger partial charge >= 0.3 is 0 Å². The van der Waals surface area contributed by atoms with E-state index in [-0.39, 0.29) is 0 Å². The van der Waals surface area contributed by atoms with Crippen LogP contribution in [-0.2, 0) is 6.54 Å². The van der Waals surface area contributed by atoms with Gasteiger partial charge in [-0.3, -0.25) is 0 Å². The van der Waals surface area contributed by atoms with E-state index < -0.39 is 0 Å². The lowest BCUT2D eigenvalue weighted by molar-refractivity contribution is 0.501. The molecule has 2 rings (SSSR count). The molecule has 20 heavy (non-hydrogen) atoms. The van der Waals surface area contributed by atoms with Gasteiger partial charge in [0.05, 0.1) is 0 Å². The third-order valence-corrected chi connectivity index (χ3v) is 2.44. The summed E-state index contributed by atoms with van der Waals surface area (Å²) in [5.41, 5.74) is 5.19. The molecule has 0 fully saturated rings. The Kier molecular flexibility index (Phi) is 12.7. The van der Waals surface area contributed by atoms with Crippen LogP contribution in [0.3, 0.4) is 0 Å². The van der Waals surface area contributed by atoms with Crippen molar-refractivity contribution >= 4 is 18.3 Å². The first-order valence-corrected chi connectivity index (χ1v) is 8.11. The summed E-state index contributed by atoms with van der Waals surface area (Å²) in [5, 5.41) is 0.528. The van der Waals surface area contributed by atoms with Gasteiger partial charge in [-0.05, 0) is 17.7 Å². The smallest absolute Gasteiger partial charge is 0.0433 e. The van der Waals surface area contributed by atoms with Gasteiger partial charge in [0, 0.05) is 24.9 Å². The van der Waals surface area contributed by atoms with Crippen LogP contribution in [0.2, 0.25) is 0 Å². The molecule has 1 heterocycles. The second-order valence-electron chi connectivity index (χ2n) is 4.56. The molecule has 116 valence electrons. The molecule has 0 aliphatic carbocycles. The van der Waals surface area contributed by atoms with E-state index in [1.165, 1.54) is 16.7 Å². The second-order valence-corrected chi connectivity index (χ2v) is 5.59. The molecule has 0 radical (unpaired) electrons. The molecule has 0 N–H and O–H groups in total. The van der Waals surface area contributed by atoms with E-state index in [0.717, 1.165) is 12.2 Å². The second kappa shape index (κ2) is 11.9. The lowest BCUT2D eigenvalue weighted by atomic mass is 10.1. The van der Waals surface area contributed by atoms with Crippen molar-refractivity contribution < 1.29 is 0 Å². The Balaban J connectivity index is 0. The highest BCUT2D eigenvalue weighted by Crippen LogP contribution is 2.30. The van der Waals surface area contributed by atoms with Gasteiger partial charge in [-0.2, -0.15) is 12.6 Å². The zero-order valence-corrected chi connectivity index (χ0v) is 15.5. The first-order valence-electron chi connectivity index (χ1n) is 7.60. The quantitative estimate of drug-likeness (QED) is 0.593. The molecule has 0 saturated carbocycles. The molecule has 0 saturated heterocycles. The van der Waals surface area contributed by atoms with Crippen molar-refractivity contribution in [1.29, 1.82) is 0 Å². The maximum Gasteiger partial charge on any atom is 0.0433 e. The molecule has 0 aromatic heterocycles. The van der Waals surface area contributed by atoms with E-state index in [9.17, 15) is 0 Å². The van der Waals surface area contributed by atoms with Crippen LogP contribution in [0.5, 0.6) is 0 Å². The molecule has 1 aromatic carbocycles. The number of nitrogens with zero attached hydrogens (tertiary/aromatic N) is 1. The first kappa shape index (κ1) is 21.4. The molecule has 0 atom stereocenters. The Hall–Kier alpha value is -0.890. The average molecular weight is 296 g/mol. The molecule has 2 heteroatoms. The van der Waals surface area contributed by atoms with Crippen LogP contribution in [0.15, 0.2) is 24.8 Å². The summed E-state index contributed by atoms with van der Waals surface area (Å²) in [7, 11) is 2.08. The normalized spacial score (nSPS) is 11.5. The lowest BCUT2D eigenvalue weighted by Crippen LogP contribution is -2.05. The van der Waals surface area contributed by atoms with Crippen LogP contribution in [0.4, 0.5) is 0 Å². The number of aryl methyl sites for hydroxylation is 1. The molecular weight excluding hydrogens is 262 g/mol. The summed E-state index contributed by atoms with van der Waals surface area (Å²) in [6.45, 7) is 19.2. The maximum atomic E-state index is 4.03. The number of thiol groups is 1. The van der Waals surface area contributed by atoms with Gasteiger partial charge in [0.1, 0.15) is 0 Å². The van der Waals surface area contributed by atoms with E-state index in [2.05, 4.69) is 56.3 Å². The fourth-order valence-corrected chi connectivity index (χ4v) is 1.69. The van der Waals surface area contributed by atoms with Crippen molar-refractivity contribution in [2.75, 3.05) is 7.05 Å². The Labute approximate surface area is 132 Å². The minimum absolute atomic E-state index is 0.528. The van der Waals surface area contributed by atoms with Gasteiger partial charge in [0.25, 0.3) is 0 Å². The molecule has 1 aliphatic rings. The summed E-state index contributed by atoms with van der Waals surface area (Å²) in [4.78, 5) is 2.18. The monoisotopic (exact) mass is 295 g/mol. The standard InChI is InChI=1S/C11H13N.C3H8S.2C2H6/c1-8-4-5-11-9(2)12(3)7-10(11)6-8;1-3(2)4;2*1-2/h4-6H,2,7H2,1,3H3;3-4H,1-2H3;2*1-2H3. The van der Waals surface area contributed by atoms with Gasteiger partial charge in [-0.1, -0.05) is 71.9 Å². The van der Waals surface area contributed by atoms with Gasteiger partial charge in [-0.25, -0.2) is 0 Å². The highest BCUT2D eigenvalue weighted by molar-refractivity contribution is 7.80. The fourth-order valence-electron chi connectivity index (χ4n) is 1.69. The summed E-state index contributed by atoms with van der Waals surface area (Å²) in [6, 6.07) is 6.55. The third-order valence-electron chi connectivity index (χ3n) is 2.44. The van der Waals surface area contributed by atoms with Gasteiger partial charge in [0.2, 0.25) is 0 Å². The van der Waals surface area contributed by atoms with E-state index in [1.54, 1.807) is 0 Å². The molecule has 0 unspecified atom stereocenters. The topological polar surface area (TPSA) is 3.24 Å². The van der Waals surface area contributed by atoms with Gasteiger partial charge < -0.3 is 4.90 Å². The molecule has 0 spiro atoms. The third kappa shape index (κ3) is 7.64. The highest BCUT2D eigenvalue weighted by Gasteiger charge is 2.17. The predicted octanol–water partition coefficient (Wildman–Crippen LogP) is 5.79. The summed E-state index contributed by atoms with van der Waals surface area (Å²) in [5.74, 6) is 0. The summed E-state index contributed by atoms with van der Waals surface area (Å²) < 4.78 is 0. The van der Waals surface area contributed by atoms with Gasteiger partial charge in [0.15, 0.2) is 0 Å². The van der Waals surface area contributed by atoms with E-state index in [4.69, 9.17) is 0 Å². The van der Waals surface area contributed by atoms with Crippen molar-refractivity contribution in [3.05, 3.63) is 41.5 Å². The maximum absolute atomic E-state index is 4.03. The molecular formula is C18H33NS. The fraction of sp³-hybridized carbons (Fsp3) is 0.556. The van der Waals surface area contributed by atoms with Crippen molar-refractivity contribution in [1.82, 2.24) is 4.90 Å². The van der Waals surface area contributed by atoms with Crippen LogP contribution >= 0.6 is 12.6 Å². The van der Waals surface area contributed by atoms with E-state index >= 15 is 0 Å². The first-order chi connectivity index (χ1) is 9.41. The number of rotatable bonds is 0. The lowest BCUT2D eigenvalue weighted by Gasteiger charge is -2.10. The largest absolute Gasteiger partial charge is 0.370 e.